The third-order valence-corrected chi connectivity index (χ3v) is 5.37. The molecular formula is C20H23ClN2O3S. The fourth-order valence-corrected chi connectivity index (χ4v) is 3.15. The summed E-state index contributed by atoms with van der Waals surface area (Å²) >= 11 is 7.33. The van der Waals surface area contributed by atoms with Gasteiger partial charge in [0.05, 0.1) is 23.3 Å². The Hall–Kier alpha value is -2.18. The molecule has 0 saturated heterocycles. The molecule has 0 unspecified atom stereocenters. The van der Waals surface area contributed by atoms with Gasteiger partial charge >= 0.3 is 0 Å². The Morgan fingerprint density at radius 1 is 1.11 bits per heavy atom. The van der Waals surface area contributed by atoms with E-state index in [1.807, 2.05) is 26.0 Å². The van der Waals surface area contributed by atoms with E-state index in [-0.39, 0.29) is 17.6 Å². The number of anilines is 2. The largest absolute Gasteiger partial charge is 0.492 e. The summed E-state index contributed by atoms with van der Waals surface area (Å²) in [5.41, 5.74) is 2.11. The second kappa shape index (κ2) is 10.2. The van der Waals surface area contributed by atoms with Crippen molar-refractivity contribution in [2.75, 3.05) is 23.0 Å². The SMILES string of the molecule is CCOc1ccccc1NC(=O)CS[C@@H](C)C(=O)Nc1cccc(Cl)c1C. The lowest BCUT2D eigenvalue weighted by atomic mass is 10.2. The van der Waals surface area contributed by atoms with Crippen molar-refractivity contribution in [2.45, 2.75) is 26.0 Å². The summed E-state index contributed by atoms with van der Waals surface area (Å²) in [6.45, 7) is 6.01. The minimum absolute atomic E-state index is 0.156. The first kappa shape index (κ1) is 21.1. The fraction of sp³-hybridized carbons (Fsp3) is 0.300. The molecule has 0 heterocycles. The molecule has 7 heteroatoms. The first-order chi connectivity index (χ1) is 12.9. The van der Waals surface area contributed by atoms with Crippen molar-refractivity contribution in [2.24, 2.45) is 0 Å². The Bertz CT molecular complexity index is 814. The van der Waals surface area contributed by atoms with Crippen LogP contribution in [0, 0.1) is 6.92 Å². The van der Waals surface area contributed by atoms with Gasteiger partial charge in [-0.2, -0.15) is 0 Å². The number of thioether (sulfide) groups is 1. The molecule has 0 fully saturated rings. The number of para-hydroxylation sites is 2. The Morgan fingerprint density at radius 3 is 2.56 bits per heavy atom. The molecule has 2 rings (SSSR count). The van der Waals surface area contributed by atoms with E-state index in [0.29, 0.717) is 28.8 Å². The Kier molecular flexibility index (Phi) is 8.00. The zero-order valence-corrected chi connectivity index (χ0v) is 17.1. The second-order valence-corrected chi connectivity index (χ2v) is 7.57. The van der Waals surface area contributed by atoms with E-state index in [1.165, 1.54) is 11.8 Å². The molecular weight excluding hydrogens is 384 g/mol. The van der Waals surface area contributed by atoms with Crippen molar-refractivity contribution < 1.29 is 14.3 Å². The smallest absolute Gasteiger partial charge is 0.237 e. The average Bonchev–Trinajstić information content (AvgIpc) is 2.65. The lowest BCUT2D eigenvalue weighted by molar-refractivity contribution is -0.115. The number of nitrogens with one attached hydrogen (secondary N) is 2. The van der Waals surface area contributed by atoms with Crippen LogP contribution in [0.3, 0.4) is 0 Å². The molecule has 0 bridgehead atoms. The average molecular weight is 407 g/mol. The van der Waals surface area contributed by atoms with Gasteiger partial charge in [0.2, 0.25) is 11.8 Å². The molecule has 144 valence electrons. The summed E-state index contributed by atoms with van der Waals surface area (Å²) in [5, 5.41) is 5.88. The fourth-order valence-electron chi connectivity index (χ4n) is 2.29. The first-order valence-electron chi connectivity index (χ1n) is 8.61. The molecule has 1 atom stereocenters. The molecule has 2 aromatic carbocycles. The van der Waals surface area contributed by atoms with Gasteiger partial charge in [0, 0.05) is 10.7 Å². The molecule has 5 nitrogen and oxygen atoms in total. The molecule has 0 aromatic heterocycles. The monoisotopic (exact) mass is 406 g/mol. The van der Waals surface area contributed by atoms with Crippen molar-refractivity contribution in [1.29, 1.82) is 0 Å². The third kappa shape index (κ3) is 6.19. The van der Waals surface area contributed by atoms with Crippen LogP contribution in [0.15, 0.2) is 42.5 Å². The maximum Gasteiger partial charge on any atom is 0.237 e. The molecule has 2 aromatic rings. The molecule has 0 aliphatic carbocycles. The van der Waals surface area contributed by atoms with Gasteiger partial charge in [0.25, 0.3) is 0 Å². The molecule has 0 aliphatic rings. The van der Waals surface area contributed by atoms with Crippen molar-refractivity contribution in [3.05, 3.63) is 53.1 Å². The van der Waals surface area contributed by atoms with Gasteiger partial charge in [-0.15, -0.1) is 11.8 Å². The summed E-state index contributed by atoms with van der Waals surface area (Å²) in [5.74, 6) is 0.419. The lowest BCUT2D eigenvalue weighted by Gasteiger charge is -2.15. The number of halogens is 1. The standard InChI is InChI=1S/C20H23ClN2O3S/c1-4-26-18-11-6-5-9-17(18)22-19(24)12-27-14(3)20(25)23-16-10-7-8-15(21)13(16)2/h5-11,14H,4,12H2,1-3H3,(H,22,24)(H,23,25)/t14-/m0/s1. The van der Waals surface area contributed by atoms with E-state index in [1.54, 1.807) is 37.3 Å². The zero-order chi connectivity index (χ0) is 19.8. The van der Waals surface area contributed by atoms with Crippen LogP contribution in [0.25, 0.3) is 0 Å². The minimum Gasteiger partial charge on any atom is -0.492 e. The molecule has 0 saturated carbocycles. The van der Waals surface area contributed by atoms with E-state index in [0.717, 1.165) is 5.56 Å². The number of carbonyl (C=O) groups is 2. The Morgan fingerprint density at radius 2 is 1.81 bits per heavy atom. The molecule has 2 amide bonds. The van der Waals surface area contributed by atoms with Crippen LogP contribution in [-0.2, 0) is 9.59 Å². The highest BCUT2D eigenvalue weighted by Gasteiger charge is 2.17. The predicted octanol–water partition coefficient (Wildman–Crippen LogP) is 4.75. The van der Waals surface area contributed by atoms with Crippen LogP contribution in [0.4, 0.5) is 11.4 Å². The van der Waals surface area contributed by atoms with Gasteiger partial charge in [-0.3, -0.25) is 9.59 Å². The Balaban J connectivity index is 1.87. The van der Waals surface area contributed by atoms with Crippen LogP contribution in [-0.4, -0.2) is 29.4 Å². The maximum absolute atomic E-state index is 12.4. The van der Waals surface area contributed by atoms with Crippen molar-refractivity contribution in [3.8, 4) is 5.75 Å². The molecule has 2 N–H and O–H groups in total. The van der Waals surface area contributed by atoms with Crippen molar-refractivity contribution >= 4 is 46.6 Å². The maximum atomic E-state index is 12.4. The topological polar surface area (TPSA) is 67.4 Å². The summed E-state index contributed by atoms with van der Waals surface area (Å²) in [6, 6.07) is 12.6. The van der Waals surface area contributed by atoms with Crippen LogP contribution < -0.4 is 15.4 Å². The number of carbonyl (C=O) groups excluding carboxylic acids is 2. The van der Waals surface area contributed by atoms with Crippen LogP contribution in [0.2, 0.25) is 5.02 Å². The molecule has 0 spiro atoms. The van der Waals surface area contributed by atoms with Gasteiger partial charge in [-0.05, 0) is 50.6 Å². The number of benzene rings is 2. The van der Waals surface area contributed by atoms with Gasteiger partial charge in [0.1, 0.15) is 5.75 Å². The highest BCUT2D eigenvalue weighted by Crippen LogP contribution is 2.25. The quantitative estimate of drug-likeness (QED) is 0.664. The highest BCUT2D eigenvalue weighted by molar-refractivity contribution is 8.01. The van der Waals surface area contributed by atoms with Crippen LogP contribution >= 0.6 is 23.4 Å². The van der Waals surface area contributed by atoms with Crippen molar-refractivity contribution in [3.63, 3.8) is 0 Å². The number of hydrogen-bond donors (Lipinski definition) is 2. The summed E-state index contributed by atoms with van der Waals surface area (Å²) in [6.07, 6.45) is 0. The van der Waals surface area contributed by atoms with Gasteiger partial charge < -0.3 is 15.4 Å². The summed E-state index contributed by atoms with van der Waals surface area (Å²) in [4.78, 5) is 24.6. The van der Waals surface area contributed by atoms with Crippen LogP contribution in [0.5, 0.6) is 5.75 Å². The summed E-state index contributed by atoms with van der Waals surface area (Å²) in [7, 11) is 0. The zero-order valence-electron chi connectivity index (χ0n) is 15.5. The van der Waals surface area contributed by atoms with Gasteiger partial charge in [-0.25, -0.2) is 0 Å². The normalized spacial score (nSPS) is 11.6. The third-order valence-electron chi connectivity index (χ3n) is 3.82. The summed E-state index contributed by atoms with van der Waals surface area (Å²) < 4.78 is 5.49. The Labute approximate surface area is 168 Å². The van der Waals surface area contributed by atoms with E-state index in [2.05, 4.69) is 10.6 Å². The number of rotatable bonds is 8. The van der Waals surface area contributed by atoms with E-state index >= 15 is 0 Å². The van der Waals surface area contributed by atoms with E-state index in [9.17, 15) is 9.59 Å². The minimum atomic E-state index is -0.392. The number of hydrogen-bond acceptors (Lipinski definition) is 4. The van der Waals surface area contributed by atoms with E-state index < -0.39 is 5.25 Å². The predicted molar refractivity (Wildman–Crippen MR) is 113 cm³/mol. The molecule has 0 radical (unpaired) electrons. The van der Waals surface area contributed by atoms with Gasteiger partial charge in [0.15, 0.2) is 0 Å². The molecule has 27 heavy (non-hydrogen) atoms. The van der Waals surface area contributed by atoms with Gasteiger partial charge in [-0.1, -0.05) is 29.8 Å². The number of ether oxygens (including phenoxy) is 1. The lowest BCUT2D eigenvalue weighted by Crippen LogP contribution is -2.25. The second-order valence-electron chi connectivity index (χ2n) is 5.83. The van der Waals surface area contributed by atoms with E-state index in [4.69, 9.17) is 16.3 Å². The molecule has 0 aliphatic heterocycles. The number of amides is 2. The van der Waals surface area contributed by atoms with Crippen molar-refractivity contribution in [1.82, 2.24) is 0 Å². The highest BCUT2D eigenvalue weighted by atomic mass is 35.5. The first-order valence-corrected chi connectivity index (χ1v) is 10.0. The van der Waals surface area contributed by atoms with Crippen LogP contribution in [0.1, 0.15) is 19.4 Å².